The van der Waals surface area contributed by atoms with Crippen LogP contribution in [0.2, 0.25) is 0 Å². The maximum absolute atomic E-state index is 12.5. The summed E-state index contributed by atoms with van der Waals surface area (Å²) in [7, 11) is -3.32. The van der Waals surface area contributed by atoms with Gasteiger partial charge in [0.1, 0.15) is 5.69 Å². The molecule has 0 saturated heterocycles. The predicted octanol–water partition coefficient (Wildman–Crippen LogP) is 2.42. The fourth-order valence-electron chi connectivity index (χ4n) is 2.67. The van der Waals surface area contributed by atoms with Crippen molar-refractivity contribution in [2.75, 3.05) is 5.75 Å². The lowest BCUT2D eigenvalue weighted by Crippen LogP contribution is -2.37. The van der Waals surface area contributed by atoms with Crippen LogP contribution in [0, 0.1) is 0 Å². The third kappa shape index (κ3) is 3.43. The molecule has 0 radical (unpaired) electrons. The van der Waals surface area contributed by atoms with E-state index < -0.39 is 33.9 Å². The van der Waals surface area contributed by atoms with Crippen molar-refractivity contribution in [2.45, 2.75) is 18.2 Å². The van der Waals surface area contributed by atoms with E-state index in [4.69, 9.17) is 0 Å². The van der Waals surface area contributed by atoms with Crippen molar-refractivity contribution in [3.63, 3.8) is 0 Å². The number of amides is 1. The maximum Gasteiger partial charge on any atom is 0.280 e. The Bertz CT molecular complexity index is 867. The molecule has 2 heterocycles. The molecule has 1 aromatic carbocycles. The van der Waals surface area contributed by atoms with Crippen LogP contribution in [0.15, 0.2) is 42.6 Å². The van der Waals surface area contributed by atoms with Crippen LogP contribution >= 0.6 is 0 Å². The Morgan fingerprint density at radius 3 is 2.62 bits per heavy atom. The molecule has 8 heteroatoms. The van der Waals surface area contributed by atoms with E-state index in [1.54, 1.807) is 24.3 Å². The van der Waals surface area contributed by atoms with Crippen LogP contribution in [0.3, 0.4) is 0 Å². The number of carbonyl (C=O) groups is 1. The highest BCUT2D eigenvalue weighted by atomic mass is 32.2. The van der Waals surface area contributed by atoms with E-state index in [0.29, 0.717) is 5.56 Å². The minimum atomic E-state index is -3.32. The number of pyridine rings is 1. The van der Waals surface area contributed by atoms with Crippen LogP contribution in [0.1, 0.15) is 39.6 Å². The molecule has 1 amide bonds. The fourth-order valence-corrected chi connectivity index (χ4v) is 4.30. The summed E-state index contributed by atoms with van der Waals surface area (Å²) in [5.41, 5.74) is 1.08. The molecule has 3 rings (SSSR count). The Morgan fingerprint density at radius 1 is 1.21 bits per heavy atom. The van der Waals surface area contributed by atoms with E-state index in [1.165, 1.54) is 6.07 Å². The lowest BCUT2D eigenvalue weighted by atomic mass is 10.0. The first kappa shape index (κ1) is 16.5. The summed E-state index contributed by atoms with van der Waals surface area (Å²) in [4.78, 5) is 15.8. The van der Waals surface area contributed by atoms with Crippen LogP contribution < -0.4 is 5.32 Å². The molecule has 0 fully saturated rings. The molecule has 1 aliphatic rings. The number of halogens is 2. The van der Waals surface area contributed by atoms with E-state index >= 15 is 0 Å². The third-order valence-corrected chi connectivity index (χ3v) is 5.40. The van der Waals surface area contributed by atoms with Crippen LogP contribution in [0.4, 0.5) is 8.78 Å². The average molecular weight is 352 g/mol. The summed E-state index contributed by atoms with van der Waals surface area (Å²) in [6, 6.07) is 8.64. The van der Waals surface area contributed by atoms with E-state index in [0.717, 1.165) is 17.8 Å². The molecule has 0 saturated carbocycles. The molecule has 126 valence electrons. The SMILES string of the molecule is O=C(NC1CS(=O)(=O)Cc2ccccc21)c1ccc(C(F)F)nc1. The summed E-state index contributed by atoms with van der Waals surface area (Å²) >= 11 is 0. The number of sulfone groups is 1. The molecule has 1 aliphatic heterocycles. The number of fused-ring (bicyclic) bond motifs is 1. The Balaban J connectivity index is 1.83. The number of hydrogen-bond acceptors (Lipinski definition) is 4. The number of benzene rings is 1. The minimum Gasteiger partial charge on any atom is -0.344 e. The quantitative estimate of drug-likeness (QED) is 0.920. The lowest BCUT2D eigenvalue weighted by Gasteiger charge is -2.26. The summed E-state index contributed by atoms with van der Waals surface area (Å²) in [6.07, 6.45) is -1.66. The van der Waals surface area contributed by atoms with Gasteiger partial charge in [0.25, 0.3) is 12.3 Å². The number of nitrogens with one attached hydrogen (secondary N) is 1. The van der Waals surface area contributed by atoms with Crippen molar-refractivity contribution < 1.29 is 22.0 Å². The molecule has 1 unspecified atom stereocenters. The van der Waals surface area contributed by atoms with Crippen molar-refractivity contribution >= 4 is 15.7 Å². The number of rotatable bonds is 3. The van der Waals surface area contributed by atoms with Gasteiger partial charge >= 0.3 is 0 Å². The molecular weight excluding hydrogens is 338 g/mol. The summed E-state index contributed by atoms with van der Waals surface area (Å²) in [5, 5.41) is 2.65. The Kier molecular flexibility index (Phi) is 4.31. The molecular formula is C16H14F2N2O3S. The largest absolute Gasteiger partial charge is 0.344 e. The summed E-state index contributed by atoms with van der Waals surface area (Å²) in [5.74, 6) is -0.807. The van der Waals surface area contributed by atoms with Crippen LogP contribution in [0.5, 0.6) is 0 Å². The topological polar surface area (TPSA) is 76.1 Å². The number of alkyl halides is 2. The molecule has 5 nitrogen and oxygen atoms in total. The van der Waals surface area contributed by atoms with Crippen molar-refractivity contribution in [3.8, 4) is 0 Å². The Labute approximate surface area is 137 Å². The molecule has 2 aromatic rings. The van der Waals surface area contributed by atoms with Crippen molar-refractivity contribution in [3.05, 3.63) is 65.0 Å². The monoisotopic (exact) mass is 352 g/mol. The van der Waals surface area contributed by atoms with Gasteiger partial charge in [0, 0.05) is 6.20 Å². The first-order valence-electron chi connectivity index (χ1n) is 7.19. The van der Waals surface area contributed by atoms with Gasteiger partial charge in [-0.2, -0.15) is 0 Å². The Hall–Kier alpha value is -2.35. The average Bonchev–Trinajstić information content (AvgIpc) is 2.53. The van der Waals surface area contributed by atoms with E-state index in [1.807, 2.05) is 0 Å². The smallest absolute Gasteiger partial charge is 0.280 e. The first-order chi connectivity index (χ1) is 11.4. The summed E-state index contributed by atoms with van der Waals surface area (Å²) in [6.45, 7) is 0. The highest BCUT2D eigenvalue weighted by Crippen LogP contribution is 2.28. The molecule has 1 aromatic heterocycles. The van der Waals surface area contributed by atoms with Crippen LogP contribution in [-0.4, -0.2) is 25.1 Å². The van der Waals surface area contributed by atoms with Gasteiger partial charge in [-0.05, 0) is 23.3 Å². The second kappa shape index (κ2) is 6.27. The zero-order chi connectivity index (χ0) is 17.3. The van der Waals surface area contributed by atoms with Gasteiger partial charge in [-0.15, -0.1) is 0 Å². The molecule has 0 aliphatic carbocycles. The highest BCUT2D eigenvalue weighted by molar-refractivity contribution is 7.90. The van der Waals surface area contributed by atoms with Crippen LogP contribution in [0.25, 0.3) is 0 Å². The number of carbonyl (C=O) groups excluding carboxylic acids is 1. The number of aromatic nitrogens is 1. The first-order valence-corrected chi connectivity index (χ1v) is 9.01. The van der Waals surface area contributed by atoms with Crippen molar-refractivity contribution in [1.82, 2.24) is 10.3 Å². The number of nitrogens with zero attached hydrogens (tertiary/aromatic N) is 1. The standard InChI is InChI=1S/C16H14F2N2O3S/c17-15(18)13-6-5-10(7-19-13)16(21)20-14-9-24(22,23)8-11-3-1-2-4-12(11)14/h1-7,14-15H,8-9H2,(H,20,21). The molecule has 1 atom stereocenters. The van der Waals surface area contributed by atoms with E-state index in [2.05, 4.69) is 10.3 Å². The van der Waals surface area contributed by atoms with E-state index in [9.17, 15) is 22.0 Å². The van der Waals surface area contributed by atoms with Gasteiger partial charge in [-0.3, -0.25) is 9.78 Å². The summed E-state index contributed by atoms with van der Waals surface area (Å²) < 4.78 is 49.0. The molecule has 0 spiro atoms. The second-order valence-electron chi connectivity index (χ2n) is 5.55. The second-order valence-corrected chi connectivity index (χ2v) is 7.66. The van der Waals surface area contributed by atoms with Gasteiger partial charge in [-0.1, -0.05) is 24.3 Å². The van der Waals surface area contributed by atoms with Crippen molar-refractivity contribution in [1.29, 1.82) is 0 Å². The van der Waals surface area contributed by atoms with Gasteiger partial charge in [0.05, 0.1) is 23.1 Å². The molecule has 1 N–H and O–H groups in total. The third-order valence-electron chi connectivity index (χ3n) is 3.80. The zero-order valence-corrected chi connectivity index (χ0v) is 13.3. The minimum absolute atomic E-state index is 0.0554. The van der Waals surface area contributed by atoms with Gasteiger partial charge in [0.2, 0.25) is 0 Å². The van der Waals surface area contributed by atoms with Gasteiger partial charge in [0.15, 0.2) is 9.84 Å². The molecule has 0 bridgehead atoms. The van der Waals surface area contributed by atoms with Crippen LogP contribution in [-0.2, 0) is 15.6 Å². The maximum atomic E-state index is 12.5. The zero-order valence-electron chi connectivity index (χ0n) is 12.4. The lowest BCUT2D eigenvalue weighted by molar-refractivity contribution is 0.0939. The fraction of sp³-hybridized carbons (Fsp3) is 0.250. The highest BCUT2D eigenvalue weighted by Gasteiger charge is 2.30. The normalized spacial score (nSPS) is 18.9. The van der Waals surface area contributed by atoms with Gasteiger partial charge < -0.3 is 5.32 Å². The van der Waals surface area contributed by atoms with E-state index in [-0.39, 0.29) is 17.1 Å². The molecule has 24 heavy (non-hydrogen) atoms. The number of hydrogen-bond donors (Lipinski definition) is 1. The van der Waals surface area contributed by atoms with Crippen molar-refractivity contribution in [2.24, 2.45) is 0 Å². The van der Waals surface area contributed by atoms with Gasteiger partial charge in [-0.25, -0.2) is 17.2 Å². The Morgan fingerprint density at radius 2 is 1.96 bits per heavy atom. The predicted molar refractivity (Wildman–Crippen MR) is 83.3 cm³/mol.